The highest BCUT2D eigenvalue weighted by molar-refractivity contribution is 6.32. The molecule has 4 nitrogen and oxygen atoms in total. The van der Waals surface area contributed by atoms with E-state index in [9.17, 15) is 9.90 Å². The summed E-state index contributed by atoms with van der Waals surface area (Å²) in [6, 6.07) is 17.7. The lowest BCUT2D eigenvalue weighted by atomic mass is 10.1. The Morgan fingerprint density at radius 2 is 1.78 bits per heavy atom. The van der Waals surface area contributed by atoms with Crippen LogP contribution in [0.2, 0.25) is 5.02 Å². The number of phenols is 1. The number of halogens is 1. The maximum atomic E-state index is 12.1. The number of carbonyl (C=O) groups is 1. The number of rotatable bonds is 4. The molecule has 0 bridgehead atoms. The summed E-state index contributed by atoms with van der Waals surface area (Å²) >= 11 is 5.97. The Balaban J connectivity index is 1.76. The average Bonchev–Trinajstić information content (AvgIpc) is 2.57. The van der Waals surface area contributed by atoms with Crippen molar-refractivity contribution in [3.63, 3.8) is 0 Å². The first kappa shape index (κ1) is 15.2. The van der Waals surface area contributed by atoms with E-state index in [-0.39, 0.29) is 18.3 Å². The van der Waals surface area contributed by atoms with E-state index in [1.807, 2.05) is 24.3 Å². The van der Waals surface area contributed by atoms with Gasteiger partial charge in [-0.3, -0.25) is 4.79 Å². The monoisotopic (exact) mass is 327 g/mol. The molecule has 3 rings (SSSR count). The van der Waals surface area contributed by atoms with Crippen LogP contribution in [0.3, 0.4) is 0 Å². The molecule has 0 saturated carbocycles. The number of anilines is 1. The number of nitrogens with one attached hydrogen (secondary N) is 1. The molecular formula is C18H14ClNO3. The molecule has 0 aliphatic heterocycles. The molecule has 2 N–H and O–H groups in total. The van der Waals surface area contributed by atoms with Gasteiger partial charge in [0.25, 0.3) is 5.91 Å². The van der Waals surface area contributed by atoms with Crippen LogP contribution < -0.4 is 10.1 Å². The van der Waals surface area contributed by atoms with Crippen LogP contribution in [0, 0.1) is 0 Å². The summed E-state index contributed by atoms with van der Waals surface area (Å²) in [6.07, 6.45) is 0. The SMILES string of the molecule is O=C(COc1ccccc1Cl)Nc1c(O)ccc2ccccc12. The fraction of sp³-hybridized carbons (Fsp3) is 0.0556. The minimum Gasteiger partial charge on any atom is -0.506 e. The molecule has 0 spiro atoms. The van der Waals surface area contributed by atoms with E-state index >= 15 is 0 Å². The topological polar surface area (TPSA) is 58.6 Å². The summed E-state index contributed by atoms with van der Waals surface area (Å²) in [7, 11) is 0. The molecule has 1 amide bonds. The first-order chi connectivity index (χ1) is 11.1. The van der Waals surface area contributed by atoms with Gasteiger partial charge in [-0.2, -0.15) is 0 Å². The molecule has 0 aliphatic carbocycles. The van der Waals surface area contributed by atoms with E-state index in [1.54, 1.807) is 36.4 Å². The van der Waals surface area contributed by atoms with Gasteiger partial charge in [-0.1, -0.05) is 54.1 Å². The molecule has 3 aromatic carbocycles. The Morgan fingerprint density at radius 3 is 2.61 bits per heavy atom. The summed E-state index contributed by atoms with van der Waals surface area (Å²) in [5.74, 6) is 0.0674. The van der Waals surface area contributed by atoms with Crippen molar-refractivity contribution in [2.24, 2.45) is 0 Å². The average molecular weight is 328 g/mol. The van der Waals surface area contributed by atoms with Crippen molar-refractivity contribution in [1.82, 2.24) is 0 Å². The Bertz CT molecular complexity index is 864. The molecule has 3 aromatic rings. The number of ether oxygens (including phenoxy) is 1. The Labute approximate surface area is 138 Å². The van der Waals surface area contributed by atoms with E-state index in [0.29, 0.717) is 16.5 Å². The lowest BCUT2D eigenvalue weighted by Crippen LogP contribution is -2.20. The summed E-state index contributed by atoms with van der Waals surface area (Å²) in [6.45, 7) is -0.202. The normalized spacial score (nSPS) is 10.5. The van der Waals surface area contributed by atoms with Gasteiger partial charge in [0.1, 0.15) is 11.5 Å². The second-order valence-corrected chi connectivity index (χ2v) is 5.36. The first-order valence-corrected chi connectivity index (χ1v) is 7.41. The molecule has 0 radical (unpaired) electrons. The number of aromatic hydroxyl groups is 1. The fourth-order valence-corrected chi connectivity index (χ4v) is 2.46. The van der Waals surface area contributed by atoms with Crippen LogP contribution in [0.5, 0.6) is 11.5 Å². The van der Waals surface area contributed by atoms with Gasteiger partial charge in [-0.25, -0.2) is 0 Å². The summed E-state index contributed by atoms with van der Waals surface area (Å²) < 4.78 is 5.40. The second-order valence-electron chi connectivity index (χ2n) is 4.95. The third-order valence-electron chi connectivity index (χ3n) is 3.37. The largest absolute Gasteiger partial charge is 0.506 e. The number of para-hydroxylation sites is 1. The molecule has 0 aliphatic rings. The van der Waals surface area contributed by atoms with Gasteiger partial charge < -0.3 is 15.2 Å². The molecular weight excluding hydrogens is 314 g/mol. The Hall–Kier alpha value is -2.72. The highest BCUT2D eigenvalue weighted by atomic mass is 35.5. The Kier molecular flexibility index (Phi) is 4.35. The highest BCUT2D eigenvalue weighted by Crippen LogP contribution is 2.32. The standard InChI is InChI=1S/C18H14ClNO3/c19-14-7-3-4-8-16(14)23-11-17(22)20-18-13-6-2-1-5-12(13)9-10-15(18)21/h1-10,21H,11H2,(H,20,22). The number of phenolic OH excluding ortho intramolecular Hbond substituents is 1. The van der Waals surface area contributed by atoms with E-state index < -0.39 is 0 Å². The molecule has 0 unspecified atom stereocenters. The van der Waals surface area contributed by atoms with Crippen molar-refractivity contribution in [3.05, 3.63) is 65.7 Å². The van der Waals surface area contributed by atoms with Crippen LogP contribution in [-0.4, -0.2) is 17.6 Å². The van der Waals surface area contributed by atoms with Crippen molar-refractivity contribution in [2.75, 3.05) is 11.9 Å². The zero-order chi connectivity index (χ0) is 16.2. The molecule has 5 heteroatoms. The summed E-state index contributed by atoms with van der Waals surface area (Å²) in [4.78, 5) is 12.1. The van der Waals surface area contributed by atoms with E-state index in [2.05, 4.69) is 5.32 Å². The molecule has 0 atom stereocenters. The summed E-state index contributed by atoms with van der Waals surface area (Å²) in [5, 5.41) is 14.8. The lowest BCUT2D eigenvalue weighted by molar-refractivity contribution is -0.118. The van der Waals surface area contributed by atoms with Crippen molar-refractivity contribution in [3.8, 4) is 11.5 Å². The number of carbonyl (C=O) groups excluding carboxylic acids is 1. The number of benzene rings is 3. The number of hydrogen-bond donors (Lipinski definition) is 2. The van der Waals surface area contributed by atoms with Gasteiger partial charge in [0.05, 0.1) is 10.7 Å². The second kappa shape index (κ2) is 6.58. The van der Waals surface area contributed by atoms with Gasteiger partial charge in [-0.05, 0) is 23.6 Å². The van der Waals surface area contributed by atoms with Crippen LogP contribution in [0.15, 0.2) is 60.7 Å². The quantitative estimate of drug-likeness (QED) is 0.705. The highest BCUT2D eigenvalue weighted by Gasteiger charge is 2.11. The van der Waals surface area contributed by atoms with Gasteiger partial charge in [0.2, 0.25) is 0 Å². The smallest absolute Gasteiger partial charge is 0.262 e. The van der Waals surface area contributed by atoms with E-state index in [4.69, 9.17) is 16.3 Å². The van der Waals surface area contributed by atoms with E-state index in [1.165, 1.54) is 0 Å². The fourth-order valence-electron chi connectivity index (χ4n) is 2.27. The van der Waals surface area contributed by atoms with Crippen LogP contribution in [0.25, 0.3) is 10.8 Å². The zero-order valence-corrected chi connectivity index (χ0v) is 12.9. The number of fused-ring (bicyclic) bond motifs is 1. The van der Waals surface area contributed by atoms with Gasteiger partial charge in [-0.15, -0.1) is 0 Å². The minimum atomic E-state index is -0.378. The maximum Gasteiger partial charge on any atom is 0.262 e. The lowest BCUT2D eigenvalue weighted by Gasteiger charge is -2.12. The molecule has 0 aromatic heterocycles. The van der Waals surface area contributed by atoms with Crippen molar-refractivity contribution in [1.29, 1.82) is 0 Å². The number of amides is 1. The first-order valence-electron chi connectivity index (χ1n) is 7.03. The van der Waals surface area contributed by atoms with Crippen LogP contribution in [0.1, 0.15) is 0 Å². The molecule has 0 heterocycles. The van der Waals surface area contributed by atoms with Crippen LogP contribution >= 0.6 is 11.6 Å². The minimum absolute atomic E-state index is 0.00907. The third-order valence-corrected chi connectivity index (χ3v) is 3.68. The number of hydrogen-bond acceptors (Lipinski definition) is 3. The third kappa shape index (κ3) is 3.38. The Morgan fingerprint density at radius 1 is 1.04 bits per heavy atom. The van der Waals surface area contributed by atoms with Gasteiger partial charge in [0, 0.05) is 5.39 Å². The van der Waals surface area contributed by atoms with E-state index in [0.717, 1.165) is 10.8 Å². The van der Waals surface area contributed by atoms with Crippen molar-refractivity contribution in [2.45, 2.75) is 0 Å². The summed E-state index contributed by atoms with van der Waals surface area (Å²) in [5.41, 5.74) is 0.371. The van der Waals surface area contributed by atoms with Crippen molar-refractivity contribution < 1.29 is 14.6 Å². The molecule has 0 fully saturated rings. The van der Waals surface area contributed by atoms with Crippen LogP contribution in [-0.2, 0) is 4.79 Å². The van der Waals surface area contributed by atoms with Crippen LogP contribution in [0.4, 0.5) is 5.69 Å². The zero-order valence-electron chi connectivity index (χ0n) is 12.1. The molecule has 23 heavy (non-hydrogen) atoms. The maximum absolute atomic E-state index is 12.1. The molecule has 0 saturated heterocycles. The molecule has 116 valence electrons. The van der Waals surface area contributed by atoms with Gasteiger partial charge >= 0.3 is 0 Å². The predicted octanol–water partition coefficient (Wildman–Crippen LogP) is 4.22. The predicted molar refractivity (Wildman–Crippen MR) is 91.2 cm³/mol. The van der Waals surface area contributed by atoms with Gasteiger partial charge in [0.15, 0.2) is 6.61 Å². The van der Waals surface area contributed by atoms with Crippen molar-refractivity contribution >= 4 is 34.0 Å².